The van der Waals surface area contributed by atoms with Crippen LogP contribution in [0.15, 0.2) is 42.5 Å². The Kier molecular flexibility index (Phi) is 5.35. The lowest BCUT2D eigenvalue weighted by Gasteiger charge is -2.12. The summed E-state index contributed by atoms with van der Waals surface area (Å²) < 4.78 is 68.7. The predicted molar refractivity (Wildman–Crippen MR) is 76.7 cm³/mol. The number of carbonyl (C=O) groups is 2. The predicted octanol–water partition coefficient (Wildman–Crippen LogP) is 3.78. The Balaban J connectivity index is 2.00. The first-order valence-corrected chi connectivity index (χ1v) is 6.76. The SMILES string of the molecule is O=C(COC(=O)c1ccccc1C(F)(F)F)Nc1ccc(F)c(F)c1. The molecule has 25 heavy (non-hydrogen) atoms. The third kappa shape index (κ3) is 4.75. The molecule has 0 saturated carbocycles. The van der Waals surface area contributed by atoms with Gasteiger partial charge in [0.15, 0.2) is 18.2 Å². The quantitative estimate of drug-likeness (QED) is 0.668. The molecule has 0 saturated heterocycles. The smallest absolute Gasteiger partial charge is 0.417 e. The third-order valence-electron chi connectivity index (χ3n) is 2.99. The summed E-state index contributed by atoms with van der Waals surface area (Å²) in [6, 6.07) is 6.49. The summed E-state index contributed by atoms with van der Waals surface area (Å²) in [7, 11) is 0. The second-order valence-corrected chi connectivity index (χ2v) is 4.80. The minimum absolute atomic E-state index is 0.101. The van der Waals surface area contributed by atoms with Crippen LogP contribution in [0.1, 0.15) is 15.9 Å². The van der Waals surface area contributed by atoms with Crippen LogP contribution in [0, 0.1) is 11.6 Å². The van der Waals surface area contributed by atoms with Crippen LogP contribution in [0.2, 0.25) is 0 Å². The van der Waals surface area contributed by atoms with E-state index in [2.05, 4.69) is 10.1 Å². The molecule has 2 rings (SSSR count). The van der Waals surface area contributed by atoms with Gasteiger partial charge in [0.05, 0.1) is 11.1 Å². The van der Waals surface area contributed by atoms with Crippen LogP contribution in [0.3, 0.4) is 0 Å². The number of hydrogen-bond acceptors (Lipinski definition) is 3. The van der Waals surface area contributed by atoms with Crippen LogP contribution in [0.25, 0.3) is 0 Å². The van der Waals surface area contributed by atoms with E-state index in [9.17, 15) is 31.5 Å². The number of alkyl halides is 3. The van der Waals surface area contributed by atoms with Gasteiger partial charge in [0, 0.05) is 11.8 Å². The second-order valence-electron chi connectivity index (χ2n) is 4.80. The molecule has 0 spiro atoms. The van der Waals surface area contributed by atoms with Gasteiger partial charge in [-0.2, -0.15) is 13.2 Å². The van der Waals surface area contributed by atoms with E-state index in [1.807, 2.05) is 0 Å². The Morgan fingerprint density at radius 2 is 1.68 bits per heavy atom. The second kappa shape index (κ2) is 7.29. The van der Waals surface area contributed by atoms with E-state index in [1.165, 1.54) is 6.07 Å². The number of carbonyl (C=O) groups excluding carboxylic acids is 2. The van der Waals surface area contributed by atoms with Gasteiger partial charge in [-0.25, -0.2) is 13.6 Å². The lowest BCUT2D eigenvalue weighted by molar-refractivity contribution is -0.138. The Labute approximate surface area is 138 Å². The van der Waals surface area contributed by atoms with Crippen molar-refractivity contribution in [2.75, 3.05) is 11.9 Å². The molecule has 0 aromatic heterocycles. The lowest BCUT2D eigenvalue weighted by Crippen LogP contribution is -2.22. The van der Waals surface area contributed by atoms with E-state index >= 15 is 0 Å². The largest absolute Gasteiger partial charge is 0.452 e. The van der Waals surface area contributed by atoms with Gasteiger partial charge in [0.1, 0.15) is 0 Å². The molecule has 0 aliphatic carbocycles. The van der Waals surface area contributed by atoms with Crippen LogP contribution in [0.5, 0.6) is 0 Å². The molecule has 9 heteroatoms. The number of hydrogen-bond donors (Lipinski definition) is 1. The maximum absolute atomic E-state index is 13.0. The van der Waals surface area contributed by atoms with Crippen molar-refractivity contribution in [3.05, 3.63) is 65.2 Å². The molecular formula is C16H10F5NO3. The summed E-state index contributed by atoms with van der Waals surface area (Å²) in [5.74, 6) is -4.58. The Hall–Kier alpha value is -2.97. The summed E-state index contributed by atoms with van der Waals surface area (Å²) in [6.45, 7) is -0.899. The molecule has 0 aliphatic heterocycles. The maximum Gasteiger partial charge on any atom is 0.417 e. The van der Waals surface area contributed by atoms with Crippen LogP contribution < -0.4 is 5.32 Å². The summed E-state index contributed by atoms with van der Waals surface area (Å²) in [5.41, 5.74) is -2.03. The Bertz CT molecular complexity index is 805. The van der Waals surface area contributed by atoms with Gasteiger partial charge in [0.2, 0.25) is 0 Å². The number of benzene rings is 2. The molecule has 132 valence electrons. The number of rotatable bonds is 4. The monoisotopic (exact) mass is 359 g/mol. The van der Waals surface area contributed by atoms with Gasteiger partial charge in [0.25, 0.3) is 5.91 Å². The van der Waals surface area contributed by atoms with E-state index in [0.717, 1.165) is 24.3 Å². The zero-order valence-electron chi connectivity index (χ0n) is 12.4. The van der Waals surface area contributed by atoms with E-state index in [1.54, 1.807) is 0 Å². The summed E-state index contributed by atoms with van der Waals surface area (Å²) >= 11 is 0. The molecule has 1 N–H and O–H groups in total. The summed E-state index contributed by atoms with van der Waals surface area (Å²) in [4.78, 5) is 23.4. The van der Waals surface area contributed by atoms with E-state index < -0.39 is 47.4 Å². The fraction of sp³-hybridized carbons (Fsp3) is 0.125. The van der Waals surface area contributed by atoms with Crippen LogP contribution in [-0.2, 0) is 15.7 Å². The molecule has 0 fully saturated rings. The molecule has 0 radical (unpaired) electrons. The van der Waals surface area contributed by atoms with E-state index in [-0.39, 0.29) is 5.69 Å². The number of nitrogens with one attached hydrogen (secondary N) is 1. The minimum atomic E-state index is -4.76. The van der Waals surface area contributed by atoms with Crippen molar-refractivity contribution in [1.82, 2.24) is 0 Å². The highest BCUT2D eigenvalue weighted by atomic mass is 19.4. The highest BCUT2D eigenvalue weighted by molar-refractivity contribution is 5.96. The zero-order chi connectivity index (χ0) is 18.6. The van der Waals surface area contributed by atoms with Gasteiger partial charge < -0.3 is 10.1 Å². The molecule has 4 nitrogen and oxygen atoms in total. The molecule has 0 heterocycles. The van der Waals surface area contributed by atoms with Crippen molar-refractivity contribution in [1.29, 1.82) is 0 Å². The van der Waals surface area contributed by atoms with Gasteiger partial charge in [-0.3, -0.25) is 4.79 Å². The summed E-state index contributed by atoms with van der Waals surface area (Å²) in [5, 5.41) is 2.12. The van der Waals surface area contributed by atoms with Gasteiger partial charge in [-0.15, -0.1) is 0 Å². The van der Waals surface area contributed by atoms with Crippen molar-refractivity contribution < 1.29 is 36.3 Å². The molecule has 0 aliphatic rings. The number of amides is 1. The van der Waals surface area contributed by atoms with Crippen LogP contribution in [0.4, 0.5) is 27.6 Å². The molecule has 0 unspecified atom stereocenters. The highest BCUT2D eigenvalue weighted by Gasteiger charge is 2.35. The standard InChI is InChI=1S/C16H10F5NO3/c17-12-6-5-9(7-13(12)18)22-14(23)8-25-15(24)10-3-1-2-4-11(10)16(19,20)21/h1-7H,8H2,(H,22,23). The van der Waals surface area contributed by atoms with Crippen molar-refractivity contribution >= 4 is 17.6 Å². The average Bonchev–Trinajstić information content (AvgIpc) is 2.55. The Morgan fingerprint density at radius 3 is 2.32 bits per heavy atom. The lowest BCUT2D eigenvalue weighted by atomic mass is 10.1. The van der Waals surface area contributed by atoms with Crippen molar-refractivity contribution in [2.24, 2.45) is 0 Å². The normalized spacial score (nSPS) is 11.1. The topological polar surface area (TPSA) is 55.4 Å². The first-order valence-electron chi connectivity index (χ1n) is 6.76. The first-order chi connectivity index (χ1) is 11.7. The number of esters is 1. The molecular weight excluding hydrogens is 349 g/mol. The fourth-order valence-corrected chi connectivity index (χ4v) is 1.89. The minimum Gasteiger partial charge on any atom is -0.452 e. The highest BCUT2D eigenvalue weighted by Crippen LogP contribution is 2.32. The summed E-state index contributed by atoms with van der Waals surface area (Å²) in [6.07, 6.45) is -4.76. The first kappa shape index (κ1) is 18.4. The number of anilines is 1. The molecule has 1 amide bonds. The molecule has 0 atom stereocenters. The van der Waals surface area contributed by atoms with E-state index in [4.69, 9.17) is 0 Å². The van der Waals surface area contributed by atoms with Crippen LogP contribution in [-0.4, -0.2) is 18.5 Å². The molecule has 2 aromatic carbocycles. The Morgan fingerprint density at radius 1 is 1.00 bits per heavy atom. The zero-order valence-corrected chi connectivity index (χ0v) is 12.4. The average molecular weight is 359 g/mol. The third-order valence-corrected chi connectivity index (χ3v) is 2.99. The maximum atomic E-state index is 13.0. The fourth-order valence-electron chi connectivity index (χ4n) is 1.89. The molecule has 2 aromatic rings. The van der Waals surface area contributed by atoms with E-state index in [0.29, 0.717) is 12.1 Å². The van der Waals surface area contributed by atoms with Gasteiger partial charge in [-0.1, -0.05) is 12.1 Å². The van der Waals surface area contributed by atoms with Crippen molar-refractivity contribution in [3.63, 3.8) is 0 Å². The van der Waals surface area contributed by atoms with Gasteiger partial charge in [-0.05, 0) is 24.3 Å². The molecule has 0 bridgehead atoms. The van der Waals surface area contributed by atoms with Crippen LogP contribution >= 0.6 is 0 Å². The van der Waals surface area contributed by atoms with Crippen molar-refractivity contribution in [3.8, 4) is 0 Å². The number of halogens is 5. The van der Waals surface area contributed by atoms with Gasteiger partial charge >= 0.3 is 12.1 Å². The number of ether oxygens (including phenoxy) is 1. The van der Waals surface area contributed by atoms with Crippen molar-refractivity contribution in [2.45, 2.75) is 6.18 Å².